The summed E-state index contributed by atoms with van der Waals surface area (Å²) in [4.78, 5) is 13.6. The molecule has 0 spiro atoms. The number of aliphatic hydroxyl groups excluding tert-OH is 1. The number of carbonyl (C=O) groups excluding carboxylic acids is 1. The second-order valence-corrected chi connectivity index (χ2v) is 3.97. The minimum absolute atomic E-state index is 0.0764. The maximum atomic E-state index is 11.9. The Hall–Kier alpha value is -1.58. The van der Waals surface area contributed by atoms with Gasteiger partial charge in [0.2, 0.25) is 0 Å². The number of nitriles is 1. The van der Waals surface area contributed by atoms with Crippen molar-refractivity contribution in [3.8, 4) is 6.07 Å². The highest BCUT2D eigenvalue weighted by Crippen LogP contribution is 2.01. The molecule has 0 aliphatic carbocycles. The number of hydrogen-bond donors (Lipinski definition) is 3. The van der Waals surface area contributed by atoms with Crippen LogP contribution in [-0.2, 0) is 4.79 Å². The summed E-state index contributed by atoms with van der Waals surface area (Å²) in [6.45, 7) is 4.70. The number of piperazine rings is 1. The molecule has 1 aliphatic heterocycles. The first kappa shape index (κ1) is 13.5. The average Bonchev–Trinajstić information content (AvgIpc) is 2.34. The van der Waals surface area contributed by atoms with Crippen LogP contribution in [0.25, 0.3) is 0 Å². The summed E-state index contributed by atoms with van der Waals surface area (Å²) in [5.74, 6) is -0.257. The van der Waals surface area contributed by atoms with Gasteiger partial charge in [0.25, 0.3) is 5.91 Å². The Morgan fingerprint density at radius 2 is 2.29 bits per heavy atom. The lowest BCUT2D eigenvalue weighted by Gasteiger charge is -2.27. The quantitative estimate of drug-likeness (QED) is 0.423. The molecule has 0 aromatic heterocycles. The van der Waals surface area contributed by atoms with E-state index in [2.05, 4.69) is 10.6 Å². The predicted octanol–water partition coefficient (Wildman–Crippen LogP) is -1.20. The van der Waals surface area contributed by atoms with E-state index in [0.29, 0.717) is 19.6 Å². The lowest BCUT2D eigenvalue weighted by Crippen LogP contribution is -2.47. The molecule has 1 rings (SSSR count). The largest absolute Gasteiger partial charge is 0.392 e. The van der Waals surface area contributed by atoms with Gasteiger partial charge >= 0.3 is 0 Å². The molecule has 6 nitrogen and oxygen atoms in total. The first-order valence-corrected chi connectivity index (χ1v) is 5.67. The summed E-state index contributed by atoms with van der Waals surface area (Å²) in [5, 5.41) is 23.9. The third kappa shape index (κ3) is 4.43. The van der Waals surface area contributed by atoms with E-state index in [4.69, 9.17) is 10.4 Å². The highest BCUT2D eigenvalue weighted by Gasteiger charge is 2.19. The molecule has 17 heavy (non-hydrogen) atoms. The fraction of sp³-hybridized carbons (Fsp3) is 0.636. The molecule has 1 saturated heterocycles. The van der Waals surface area contributed by atoms with Crippen LogP contribution in [-0.4, -0.2) is 54.7 Å². The zero-order chi connectivity index (χ0) is 12.7. The standard InChI is InChI=1S/C11H18N4O2/c1-9(16)7-14-8-10(6-12)11(17)15-4-2-13-3-5-15/h8-9,13-14,16H,2-5,7H2,1H3/b10-8-. The van der Waals surface area contributed by atoms with Gasteiger partial charge in [0.15, 0.2) is 0 Å². The number of nitrogens with one attached hydrogen (secondary N) is 2. The molecule has 94 valence electrons. The second kappa shape index (κ2) is 6.89. The van der Waals surface area contributed by atoms with Crippen LogP contribution in [0.1, 0.15) is 6.92 Å². The molecule has 1 aliphatic rings. The molecule has 0 bridgehead atoms. The normalized spacial score (nSPS) is 18.4. The first-order chi connectivity index (χ1) is 8.15. The van der Waals surface area contributed by atoms with Gasteiger partial charge in [0.1, 0.15) is 11.6 Å². The molecule has 1 atom stereocenters. The van der Waals surface area contributed by atoms with Crippen LogP contribution in [0.2, 0.25) is 0 Å². The minimum Gasteiger partial charge on any atom is -0.392 e. The Morgan fingerprint density at radius 1 is 1.65 bits per heavy atom. The Bertz CT molecular complexity index is 327. The predicted molar refractivity (Wildman–Crippen MR) is 62.8 cm³/mol. The van der Waals surface area contributed by atoms with Gasteiger partial charge in [0.05, 0.1) is 6.10 Å². The monoisotopic (exact) mass is 238 g/mol. The van der Waals surface area contributed by atoms with Gasteiger partial charge in [-0.05, 0) is 6.92 Å². The van der Waals surface area contributed by atoms with E-state index in [1.54, 1.807) is 11.8 Å². The van der Waals surface area contributed by atoms with Crippen molar-refractivity contribution in [2.24, 2.45) is 0 Å². The molecule has 0 aromatic rings. The lowest BCUT2D eigenvalue weighted by molar-refractivity contribution is -0.127. The highest BCUT2D eigenvalue weighted by molar-refractivity contribution is 5.97. The van der Waals surface area contributed by atoms with Gasteiger partial charge in [-0.15, -0.1) is 0 Å². The molecule has 3 N–H and O–H groups in total. The molecule has 0 aromatic carbocycles. The first-order valence-electron chi connectivity index (χ1n) is 5.67. The van der Waals surface area contributed by atoms with Crippen molar-refractivity contribution in [1.82, 2.24) is 15.5 Å². The van der Waals surface area contributed by atoms with E-state index < -0.39 is 6.10 Å². The van der Waals surface area contributed by atoms with Gasteiger partial charge in [-0.1, -0.05) is 0 Å². The Labute approximate surface area is 101 Å². The number of nitrogens with zero attached hydrogens (tertiary/aromatic N) is 2. The molecule has 0 radical (unpaired) electrons. The van der Waals surface area contributed by atoms with Crippen LogP contribution in [0, 0.1) is 11.3 Å². The van der Waals surface area contributed by atoms with Crippen molar-refractivity contribution in [1.29, 1.82) is 5.26 Å². The lowest BCUT2D eigenvalue weighted by atomic mass is 10.2. The van der Waals surface area contributed by atoms with Crippen molar-refractivity contribution < 1.29 is 9.90 Å². The van der Waals surface area contributed by atoms with Crippen molar-refractivity contribution in [3.63, 3.8) is 0 Å². The Kier molecular flexibility index (Phi) is 5.46. The molecule has 0 saturated carbocycles. The average molecular weight is 238 g/mol. The van der Waals surface area contributed by atoms with Gasteiger partial charge in [-0.2, -0.15) is 5.26 Å². The van der Waals surface area contributed by atoms with Crippen LogP contribution in [0.5, 0.6) is 0 Å². The number of aliphatic hydroxyl groups is 1. The molecule has 1 unspecified atom stereocenters. The van der Waals surface area contributed by atoms with Crippen LogP contribution in [0.3, 0.4) is 0 Å². The maximum Gasteiger partial charge on any atom is 0.266 e. The maximum absolute atomic E-state index is 11.9. The van der Waals surface area contributed by atoms with E-state index in [1.807, 2.05) is 6.07 Å². The van der Waals surface area contributed by atoms with Crippen molar-refractivity contribution >= 4 is 5.91 Å². The summed E-state index contributed by atoms with van der Waals surface area (Å²) < 4.78 is 0. The fourth-order valence-electron chi connectivity index (χ4n) is 1.51. The number of hydrogen-bond acceptors (Lipinski definition) is 5. The summed E-state index contributed by atoms with van der Waals surface area (Å²) in [6, 6.07) is 1.88. The molecule has 1 amide bonds. The number of amides is 1. The molecular weight excluding hydrogens is 220 g/mol. The van der Waals surface area contributed by atoms with E-state index >= 15 is 0 Å². The zero-order valence-electron chi connectivity index (χ0n) is 9.94. The van der Waals surface area contributed by atoms with Crippen molar-refractivity contribution in [2.45, 2.75) is 13.0 Å². The van der Waals surface area contributed by atoms with Crippen LogP contribution < -0.4 is 10.6 Å². The van der Waals surface area contributed by atoms with E-state index in [1.165, 1.54) is 6.20 Å². The summed E-state index contributed by atoms with van der Waals surface area (Å²) >= 11 is 0. The summed E-state index contributed by atoms with van der Waals surface area (Å²) in [6.07, 6.45) is 0.859. The third-order valence-electron chi connectivity index (χ3n) is 2.41. The molecular formula is C11H18N4O2. The third-order valence-corrected chi connectivity index (χ3v) is 2.41. The Balaban J connectivity index is 2.54. The van der Waals surface area contributed by atoms with E-state index in [0.717, 1.165) is 13.1 Å². The van der Waals surface area contributed by atoms with Crippen molar-refractivity contribution in [3.05, 3.63) is 11.8 Å². The molecule has 6 heteroatoms. The van der Waals surface area contributed by atoms with E-state index in [9.17, 15) is 4.79 Å². The summed E-state index contributed by atoms with van der Waals surface area (Å²) in [5.41, 5.74) is 0.0764. The topological polar surface area (TPSA) is 88.4 Å². The van der Waals surface area contributed by atoms with Gasteiger partial charge < -0.3 is 20.6 Å². The van der Waals surface area contributed by atoms with E-state index in [-0.39, 0.29) is 11.5 Å². The highest BCUT2D eigenvalue weighted by atomic mass is 16.3. The smallest absolute Gasteiger partial charge is 0.266 e. The SMILES string of the molecule is CC(O)CN/C=C(/C#N)C(=O)N1CCNCC1. The Morgan fingerprint density at radius 3 is 2.82 bits per heavy atom. The van der Waals surface area contributed by atoms with Crippen LogP contribution >= 0.6 is 0 Å². The zero-order valence-corrected chi connectivity index (χ0v) is 9.94. The van der Waals surface area contributed by atoms with Crippen LogP contribution in [0.15, 0.2) is 11.8 Å². The fourth-order valence-corrected chi connectivity index (χ4v) is 1.51. The molecule has 1 heterocycles. The van der Waals surface area contributed by atoms with Gasteiger partial charge in [0, 0.05) is 38.9 Å². The second-order valence-electron chi connectivity index (χ2n) is 3.97. The number of carbonyl (C=O) groups is 1. The van der Waals surface area contributed by atoms with Gasteiger partial charge in [-0.3, -0.25) is 4.79 Å². The minimum atomic E-state index is -0.513. The summed E-state index contributed by atoms with van der Waals surface area (Å²) in [7, 11) is 0. The van der Waals surface area contributed by atoms with Crippen molar-refractivity contribution in [2.75, 3.05) is 32.7 Å². The van der Waals surface area contributed by atoms with Crippen LogP contribution in [0.4, 0.5) is 0 Å². The van der Waals surface area contributed by atoms with Gasteiger partial charge in [-0.25, -0.2) is 0 Å². The number of rotatable bonds is 4. The molecule has 1 fully saturated rings.